The van der Waals surface area contributed by atoms with Gasteiger partial charge in [0, 0.05) is 36.2 Å². The maximum atomic E-state index is 6.44. The Labute approximate surface area is 134 Å². The lowest BCUT2D eigenvalue weighted by Gasteiger charge is -2.49. The van der Waals surface area contributed by atoms with Crippen molar-refractivity contribution in [1.82, 2.24) is 10.2 Å². The van der Waals surface area contributed by atoms with Crippen LogP contribution in [0.15, 0.2) is 18.2 Å². The summed E-state index contributed by atoms with van der Waals surface area (Å²) in [5, 5.41) is 4.62. The maximum absolute atomic E-state index is 6.44. The van der Waals surface area contributed by atoms with E-state index in [2.05, 4.69) is 63.0 Å². The van der Waals surface area contributed by atoms with Crippen LogP contribution in [0.25, 0.3) is 0 Å². The molecule has 0 aromatic heterocycles. The van der Waals surface area contributed by atoms with E-state index < -0.39 is 0 Å². The van der Waals surface area contributed by atoms with Crippen LogP contribution >= 0.6 is 11.6 Å². The number of hydrogen-bond donors (Lipinski definition) is 1. The Bertz CT molecular complexity index is 486. The van der Waals surface area contributed by atoms with Crippen molar-refractivity contribution < 1.29 is 0 Å². The Morgan fingerprint density at radius 1 is 1.43 bits per heavy atom. The summed E-state index contributed by atoms with van der Waals surface area (Å²) in [6, 6.07) is 6.98. The van der Waals surface area contributed by atoms with Gasteiger partial charge in [0.2, 0.25) is 0 Å². The fourth-order valence-electron chi connectivity index (χ4n) is 3.02. The number of halogens is 1. The molecule has 0 radical (unpaired) electrons. The van der Waals surface area contributed by atoms with Crippen molar-refractivity contribution in [1.29, 1.82) is 0 Å². The predicted molar refractivity (Wildman–Crippen MR) is 91.9 cm³/mol. The molecule has 1 aromatic carbocycles. The van der Waals surface area contributed by atoms with Crippen molar-refractivity contribution in [2.24, 2.45) is 5.92 Å². The van der Waals surface area contributed by atoms with E-state index in [9.17, 15) is 0 Å². The zero-order valence-corrected chi connectivity index (χ0v) is 14.8. The number of aryl methyl sites for hydroxylation is 1. The lowest BCUT2D eigenvalue weighted by atomic mass is 9.88. The quantitative estimate of drug-likeness (QED) is 0.894. The summed E-state index contributed by atoms with van der Waals surface area (Å²) in [5.74, 6) is 0.655. The summed E-state index contributed by atoms with van der Waals surface area (Å²) in [6.07, 6.45) is 1.15. The summed E-state index contributed by atoms with van der Waals surface area (Å²) in [4.78, 5) is 2.62. The zero-order chi connectivity index (χ0) is 15.6. The van der Waals surface area contributed by atoms with Gasteiger partial charge in [0.15, 0.2) is 0 Å². The van der Waals surface area contributed by atoms with Gasteiger partial charge in [0.05, 0.1) is 0 Å². The van der Waals surface area contributed by atoms with Gasteiger partial charge in [-0.2, -0.15) is 0 Å². The van der Waals surface area contributed by atoms with Crippen LogP contribution in [-0.2, 0) is 6.54 Å². The van der Waals surface area contributed by atoms with Crippen molar-refractivity contribution in [3.8, 4) is 0 Å². The number of hydrogen-bond acceptors (Lipinski definition) is 2. The van der Waals surface area contributed by atoms with Crippen molar-refractivity contribution >= 4 is 11.6 Å². The molecule has 2 atom stereocenters. The van der Waals surface area contributed by atoms with E-state index in [0.717, 1.165) is 31.1 Å². The second-order valence-electron chi connectivity index (χ2n) is 7.06. The lowest BCUT2D eigenvalue weighted by Crippen LogP contribution is -2.63. The van der Waals surface area contributed by atoms with Crippen LogP contribution in [0.2, 0.25) is 5.02 Å². The molecule has 2 nitrogen and oxygen atoms in total. The summed E-state index contributed by atoms with van der Waals surface area (Å²) in [7, 11) is 0. The zero-order valence-electron chi connectivity index (χ0n) is 14.0. The summed E-state index contributed by atoms with van der Waals surface area (Å²) in [6.45, 7) is 14.4. The molecule has 1 aliphatic rings. The van der Waals surface area contributed by atoms with E-state index in [1.54, 1.807) is 0 Å². The van der Waals surface area contributed by atoms with Gasteiger partial charge in [-0.15, -0.1) is 0 Å². The Kier molecular flexibility index (Phi) is 5.34. The third-order valence-corrected chi connectivity index (χ3v) is 5.41. The molecule has 1 heterocycles. The standard InChI is InChI=1S/C18H29ClN2/c1-6-18(5)12-20-17(13(2)3)11-21(18)10-15-8-7-14(4)9-16(15)19/h7-9,13,17,20H,6,10-12H2,1-5H3. The van der Waals surface area contributed by atoms with Crippen LogP contribution in [0.4, 0.5) is 0 Å². The fraction of sp³-hybridized carbons (Fsp3) is 0.667. The van der Waals surface area contributed by atoms with Gasteiger partial charge in [0.25, 0.3) is 0 Å². The number of piperazine rings is 1. The summed E-state index contributed by atoms with van der Waals surface area (Å²) in [5.41, 5.74) is 2.67. The number of nitrogens with zero attached hydrogens (tertiary/aromatic N) is 1. The van der Waals surface area contributed by atoms with Gasteiger partial charge in [0.1, 0.15) is 0 Å². The minimum Gasteiger partial charge on any atom is -0.311 e. The highest BCUT2D eigenvalue weighted by atomic mass is 35.5. The Hall–Kier alpha value is -0.570. The van der Waals surface area contributed by atoms with E-state index in [1.807, 2.05) is 0 Å². The molecule has 0 saturated carbocycles. The first-order chi connectivity index (χ1) is 9.85. The van der Waals surface area contributed by atoms with Crippen LogP contribution in [-0.4, -0.2) is 29.6 Å². The number of benzene rings is 1. The van der Waals surface area contributed by atoms with E-state index in [1.165, 1.54) is 11.1 Å². The normalized spacial score (nSPS) is 27.3. The van der Waals surface area contributed by atoms with Gasteiger partial charge in [-0.1, -0.05) is 44.5 Å². The molecule has 2 unspecified atom stereocenters. The molecule has 0 aliphatic carbocycles. The minimum atomic E-state index is 0.208. The van der Waals surface area contributed by atoms with Crippen LogP contribution in [0.1, 0.15) is 45.2 Å². The number of rotatable bonds is 4. The predicted octanol–water partition coefficient (Wildman–Crippen LogP) is 4.25. The molecule has 21 heavy (non-hydrogen) atoms. The molecule has 1 N–H and O–H groups in total. The largest absolute Gasteiger partial charge is 0.311 e. The molecule has 0 spiro atoms. The molecule has 1 aliphatic heterocycles. The molecular formula is C18H29ClN2. The Balaban J connectivity index is 2.20. The highest BCUT2D eigenvalue weighted by Crippen LogP contribution is 2.29. The van der Waals surface area contributed by atoms with Gasteiger partial charge in [-0.05, 0) is 43.4 Å². The monoisotopic (exact) mass is 308 g/mol. The van der Waals surface area contributed by atoms with Gasteiger partial charge in [-0.3, -0.25) is 4.90 Å². The molecule has 2 rings (SSSR count). The van der Waals surface area contributed by atoms with E-state index in [-0.39, 0.29) is 5.54 Å². The topological polar surface area (TPSA) is 15.3 Å². The van der Waals surface area contributed by atoms with Gasteiger partial charge < -0.3 is 5.32 Å². The molecular weight excluding hydrogens is 280 g/mol. The molecule has 1 saturated heterocycles. The fourth-order valence-corrected chi connectivity index (χ4v) is 3.32. The molecule has 1 aromatic rings. The smallest absolute Gasteiger partial charge is 0.0453 e. The Morgan fingerprint density at radius 3 is 2.71 bits per heavy atom. The van der Waals surface area contributed by atoms with Crippen molar-refractivity contribution in [3.05, 3.63) is 34.3 Å². The van der Waals surface area contributed by atoms with Crippen LogP contribution in [0, 0.1) is 12.8 Å². The minimum absolute atomic E-state index is 0.208. The summed E-state index contributed by atoms with van der Waals surface area (Å²) < 4.78 is 0. The average molecular weight is 309 g/mol. The third kappa shape index (κ3) is 3.80. The van der Waals surface area contributed by atoms with Gasteiger partial charge in [-0.25, -0.2) is 0 Å². The SMILES string of the molecule is CCC1(C)CNC(C(C)C)CN1Cc1ccc(C)cc1Cl. The molecule has 0 amide bonds. The Morgan fingerprint density at radius 2 is 2.14 bits per heavy atom. The average Bonchev–Trinajstić information content (AvgIpc) is 2.43. The second kappa shape index (κ2) is 6.68. The first kappa shape index (κ1) is 16.8. The van der Waals surface area contributed by atoms with Gasteiger partial charge >= 0.3 is 0 Å². The lowest BCUT2D eigenvalue weighted by molar-refractivity contribution is 0.0317. The molecule has 1 fully saturated rings. The van der Waals surface area contributed by atoms with E-state index >= 15 is 0 Å². The highest BCUT2D eigenvalue weighted by molar-refractivity contribution is 6.31. The van der Waals surface area contributed by atoms with Crippen molar-refractivity contribution in [3.63, 3.8) is 0 Å². The molecule has 118 valence electrons. The molecule has 0 bridgehead atoms. The third-order valence-electron chi connectivity index (χ3n) is 5.06. The van der Waals surface area contributed by atoms with Crippen molar-refractivity contribution in [2.75, 3.05) is 13.1 Å². The molecule has 3 heteroatoms. The van der Waals surface area contributed by atoms with Crippen molar-refractivity contribution in [2.45, 2.75) is 59.2 Å². The van der Waals surface area contributed by atoms with E-state index in [4.69, 9.17) is 11.6 Å². The van der Waals surface area contributed by atoms with Crippen LogP contribution < -0.4 is 5.32 Å². The maximum Gasteiger partial charge on any atom is 0.0453 e. The van der Waals surface area contributed by atoms with Crippen LogP contribution in [0.3, 0.4) is 0 Å². The van der Waals surface area contributed by atoms with Crippen LogP contribution in [0.5, 0.6) is 0 Å². The number of nitrogens with one attached hydrogen (secondary N) is 1. The summed E-state index contributed by atoms with van der Waals surface area (Å²) >= 11 is 6.44. The second-order valence-corrected chi connectivity index (χ2v) is 7.46. The first-order valence-electron chi connectivity index (χ1n) is 8.09. The highest BCUT2D eigenvalue weighted by Gasteiger charge is 2.37. The first-order valence-corrected chi connectivity index (χ1v) is 8.47. The van der Waals surface area contributed by atoms with E-state index in [0.29, 0.717) is 12.0 Å².